The van der Waals surface area contributed by atoms with Gasteiger partial charge in [0.2, 0.25) is 0 Å². The number of anilines is 1. The van der Waals surface area contributed by atoms with Crippen molar-refractivity contribution < 1.29 is 18.4 Å². The molecule has 0 atom stereocenters. The molecule has 156 valence electrons. The molecule has 1 N–H and O–H groups in total. The van der Waals surface area contributed by atoms with Crippen molar-refractivity contribution in [2.45, 2.75) is 13.5 Å². The lowest BCUT2D eigenvalue weighted by atomic mass is 10.0. The zero-order valence-corrected chi connectivity index (χ0v) is 17.1. The van der Waals surface area contributed by atoms with Crippen molar-refractivity contribution in [2.75, 3.05) is 31.2 Å². The Labute approximate surface area is 177 Å². The minimum Gasteiger partial charge on any atom is -0.378 e. The second kappa shape index (κ2) is 8.81. The third-order valence-corrected chi connectivity index (χ3v) is 5.20. The summed E-state index contributed by atoms with van der Waals surface area (Å²) in [5.41, 5.74) is 1.17. The summed E-state index contributed by atoms with van der Waals surface area (Å²) in [7, 11) is 0. The van der Waals surface area contributed by atoms with Crippen LogP contribution in [0.1, 0.15) is 21.7 Å². The monoisotopic (exact) mass is 430 g/mol. The van der Waals surface area contributed by atoms with Crippen LogP contribution in [0.3, 0.4) is 0 Å². The van der Waals surface area contributed by atoms with Crippen LogP contribution in [-0.2, 0) is 11.3 Å². The molecule has 30 heavy (non-hydrogen) atoms. The molecule has 1 aliphatic heterocycles. The first-order chi connectivity index (χ1) is 14.5. The largest absolute Gasteiger partial charge is 0.378 e. The van der Waals surface area contributed by atoms with E-state index in [-0.39, 0.29) is 34.1 Å². The second-order valence-electron chi connectivity index (χ2n) is 6.86. The first kappa shape index (κ1) is 20.3. The summed E-state index contributed by atoms with van der Waals surface area (Å²) in [4.78, 5) is 19.4. The molecule has 0 bridgehead atoms. The molecule has 3 heterocycles. The molecule has 0 radical (unpaired) electrons. The van der Waals surface area contributed by atoms with Crippen LogP contribution in [0.2, 0.25) is 5.02 Å². The molecule has 1 amide bonds. The quantitative estimate of drug-likeness (QED) is 0.666. The van der Waals surface area contributed by atoms with E-state index in [4.69, 9.17) is 20.9 Å². The minimum atomic E-state index is -0.575. The number of ether oxygens (including phenoxy) is 1. The van der Waals surface area contributed by atoms with Gasteiger partial charge in [0, 0.05) is 25.8 Å². The zero-order chi connectivity index (χ0) is 21.1. The van der Waals surface area contributed by atoms with Crippen LogP contribution in [0, 0.1) is 12.7 Å². The summed E-state index contributed by atoms with van der Waals surface area (Å²) in [6.45, 7) is 4.75. The van der Waals surface area contributed by atoms with Crippen molar-refractivity contribution in [3.05, 3.63) is 64.3 Å². The first-order valence-corrected chi connectivity index (χ1v) is 9.89. The van der Waals surface area contributed by atoms with Crippen LogP contribution in [-0.4, -0.2) is 42.4 Å². The number of halogens is 2. The van der Waals surface area contributed by atoms with E-state index >= 15 is 0 Å². The van der Waals surface area contributed by atoms with Gasteiger partial charge in [-0.2, -0.15) is 0 Å². The molecule has 0 unspecified atom stereocenters. The lowest BCUT2D eigenvalue weighted by Gasteiger charge is -2.28. The van der Waals surface area contributed by atoms with E-state index < -0.39 is 11.7 Å². The second-order valence-corrected chi connectivity index (χ2v) is 7.27. The molecule has 0 aliphatic carbocycles. The highest BCUT2D eigenvalue weighted by Gasteiger charge is 2.25. The van der Waals surface area contributed by atoms with Crippen LogP contribution >= 0.6 is 11.6 Å². The lowest BCUT2D eigenvalue weighted by molar-refractivity contribution is 0.0950. The molecule has 1 aromatic carbocycles. The number of hydrogen-bond acceptors (Lipinski definition) is 6. The molecular formula is C21H20ClFN4O3. The smallest absolute Gasteiger partial charge is 0.257 e. The number of benzene rings is 1. The fraction of sp³-hybridized carbons (Fsp3) is 0.286. The zero-order valence-electron chi connectivity index (χ0n) is 16.3. The van der Waals surface area contributed by atoms with Gasteiger partial charge >= 0.3 is 0 Å². The van der Waals surface area contributed by atoms with E-state index in [1.165, 1.54) is 18.2 Å². The molecule has 4 rings (SSSR count). The highest BCUT2D eigenvalue weighted by molar-refractivity contribution is 6.33. The van der Waals surface area contributed by atoms with E-state index in [2.05, 4.69) is 20.4 Å². The van der Waals surface area contributed by atoms with Crippen LogP contribution < -0.4 is 10.2 Å². The number of aromatic nitrogens is 2. The standard InChI is InChI=1S/C21H20ClFN4O3/c1-13-18(20(26-30-13)19-15(22)3-2-4-16(19)23)21(28)25-12-14-5-6-24-17(11-14)27-7-9-29-10-8-27/h2-6,11H,7-10,12H2,1H3,(H,25,28). The van der Waals surface area contributed by atoms with E-state index in [1.54, 1.807) is 13.1 Å². The van der Waals surface area contributed by atoms with Gasteiger partial charge in [0.05, 0.1) is 23.8 Å². The number of amides is 1. The minimum absolute atomic E-state index is 0.0414. The third-order valence-electron chi connectivity index (χ3n) is 4.89. The van der Waals surface area contributed by atoms with E-state index in [1.807, 2.05) is 12.1 Å². The molecule has 1 fully saturated rings. The van der Waals surface area contributed by atoms with Crippen LogP contribution in [0.4, 0.5) is 10.2 Å². The van der Waals surface area contributed by atoms with Gasteiger partial charge in [0.25, 0.3) is 5.91 Å². The number of nitrogens with zero attached hydrogens (tertiary/aromatic N) is 3. The van der Waals surface area contributed by atoms with E-state index in [9.17, 15) is 9.18 Å². The van der Waals surface area contributed by atoms with Gasteiger partial charge in [-0.05, 0) is 36.8 Å². The van der Waals surface area contributed by atoms with E-state index in [0.29, 0.717) is 13.2 Å². The maximum Gasteiger partial charge on any atom is 0.257 e. The number of nitrogens with one attached hydrogen (secondary N) is 1. The first-order valence-electron chi connectivity index (χ1n) is 9.51. The summed E-state index contributed by atoms with van der Waals surface area (Å²) < 4.78 is 24.9. The topological polar surface area (TPSA) is 80.5 Å². The molecule has 9 heteroatoms. The average molecular weight is 431 g/mol. The van der Waals surface area contributed by atoms with Crippen molar-refractivity contribution in [1.82, 2.24) is 15.5 Å². The maximum atomic E-state index is 14.3. The highest BCUT2D eigenvalue weighted by atomic mass is 35.5. The molecule has 1 saturated heterocycles. The van der Waals surface area contributed by atoms with Gasteiger partial charge in [-0.3, -0.25) is 4.79 Å². The van der Waals surface area contributed by atoms with Gasteiger partial charge < -0.3 is 19.5 Å². The molecule has 2 aromatic heterocycles. The van der Waals surface area contributed by atoms with E-state index in [0.717, 1.165) is 24.5 Å². The van der Waals surface area contributed by atoms with Gasteiger partial charge in [-0.25, -0.2) is 9.37 Å². The van der Waals surface area contributed by atoms with Crippen molar-refractivity contribution >= 4 is 23.3 Å². The Bertz CT molecular complexity index is 1050. The SMILES string of the molecule is Cc1onc(-c2c(F)cccc2Cl)c1C(=O)NCc1ccnc(N2CCOCC2)c1. The molecule has 3 aromatic rings. The average Bonchev–Trinajstić information content (AvgIpc) is 3.14. The summed E-state index contributed by atoms with van der Waals surface area (Å²) in [6, 6.07) is 8.05. The Morgan fingerprint density at radius 1 is 1.30 bits per heavy atom. The number of rotatable bonds is 5. The Balaban J connectivity index is 1.53. The number of carbonyl (C=O) groups is 1. The van der Waals surface area contributed by atoms with Gasteiger partial charge in [-0.15, -0.1) is 0 Å². The Morgan fingerprint density at radius 2 is 2.10 bits per heavy atom. The predicted octanol–water partition coefficient (Wildman–Crippen LogP) is 3.60. The van der Waals surface area contributed by atoms with Gasteiger partial charge in [0.1, 0.15) is 28.7 Å². The maximum absolute atomic E-state index is 14.3. The van der Waals surface area contributed by atoms with Crippen molar-refractivity contribution in [1.29, 1.82) is 0 Å². The van der Waals surface area contributed by atoms with Crippen LogP contribution in [0.15, 0.2) is 41.1 Å². The summed E-state index contributed by atoms with van der Waals surface area (Å²) in [5, 5.41) is 6.87. The third kappa shape index (κ3) is 4.15. The Hall–Kier alpha value is -2.97. The molecule has 0 spiro atoms. The normalized spacial score (nSPS) is 14.0. The lowest BCUT2D eigenvalue weighted by Crippen LogP contribution is -2.36. The number of pyridine rings is 1. The molecule has 1 aliphatic rings. The Kier molecular flexibility index (Phi) is 5.96. The summed E-state index contributed by atoms with van der Waals surface area (Å²) in [6.07, 6.45) is 1.71. The van der Waals surface area contributed by atoms with Crippen molar-refractivity contribution in [2.24, 2.45) is 0 Å². The van der Waals surface area contributed by atoms with Gasteiger partial charge in [0.15, 0.2) is 0 Å². The Morgan fingerprint density at radius 3 is 2.87 bits per heavy atom. The molecule has 0 saturated carbocycles. The highest BCUT2D eigenvalue weighted by Crippen LogP contribution is 2.33. The predicted molar refractivity (Wildman–Crippen MR) is 110 cm³/mol. The molecule has 7 nitrogen and oxygen atoms in total. The molecular weight excluding hydrogens is 411 g/mol. The summed E-state index contributed by atoms with van der Waals surface area (Å²) >= 11 is 6.14. The number of carbonyl (C=O) groups excluding carboxylic acids is 1. The van der Waals surface area contributed by atoms with Crippen LogP contribution in [0.25, 0.3) is 11.3 Å². The number of aryl methyl sites for hydroxylation is 1. The summed E-state index contributed by atoms with van der Waals surface area (Å²) in [5.74, 6) is 0.123. The number of morpholine rings is 1. The fourth-order valence-corrected chi connectivity index (χ4v) is 3.59. The number of hydrogen-bond donors (Lipinski definition) is 1. The van der Waals surface area contributed by atoms with Gasteiger partial charge in [-0.1, -0.05) is 22.8 Å². The van der Waals surface area contributed by atoms with Crippen molar-refractivity contribution in [3.8, 4) is 11.3 Å². The van der Waals surface area contributed by atoms with Crippen molar-refractivity contribution in [3.63, 3.8) is 0 Å². The fourth-order valence-electron chi connectivity index (χ4n) is 3.34. The van der Waals surface area contributed by atoms with Crippen LogP contribution in [0.5, 0.6) is 0 Å².